The second kappa shape index (κ2) is 8.42. The van der Waals surface area contributed by atoms with E-state index in [1.807, 2.05) is 18.2 Å². The SMILES string of the molecule is CS(=O)c1ccc(-c2cc(CCc3ccc(C(C)(C)C)cc3)cc(O)c2O)cc1. The summed E-state index contributed by atoms with van der Waals surface area (Å²) in [4.78, 5) is 0.729. The summed E-state index contributed by atoms with van der Waals surface area (Å²) in [7, 11) is -1.05. The van der Waals surface area contributed by atoms with Crippen molar-refractivity contribution in [3.63, 3.8) is 0 Å². The maximum absolute atomic E-state index is 11.6. The van der Waals surface area contributed by atoms with Gasteiger partial charge in [-0.2, -0.15) is 0 Å². The number of benzene rings is 3. The minimum atomic E-state index is -1.05. The van der Waals surface area contributed by atoms with Crippen LogP contribution in [-0.2, 0) is 29.1 Å². The third kappa shape index (κ3) is 5.07. The van der Waals surface area contributed by atoms with Crippen LogP contribution in [0.25, 0.3) is 11.1 Å². The third-order valence-electron chi connectivity index (χ3n) is 5.17. The Bertz CT molecular complexity index is 1010. The topological polar surface area (TPSA) is 57.5 Å². The molecule has 29 heavy (non-hydrogen) atoms. The molecule has 0 heterocycles. The zero-order valence-electron chi connectivity index (χ0n) is 17.4. The fourth-order valence-corrected chi connectivity index (χ4v) is 3.85. The van der Waals surface area contributed by atoms with Crippen LogP contribution in [0.3, 0.4) is 0 Å². The molecule has 3 nitrogen and oxygen atoms in total. The van der Waals surface area contributed by atoms with Gasteiger partial charge in [0.2, 0.25) is 0 Å². The van der Waals surface area contributed by atoms with E-state index in [9.17, 15) is 14.4 Å². The molecule has 0 amide bonds. The first-order chi connectivity index (χ1) is 13.6. The number of aromatic hydroxyl groups is 2. The molecule has 4 heteroatoms. The third-order valence-corrected chi connectivity index (χ3v) is 6.11. The van der Waals surface area contributed by atoms with Crippen LogP contribution in [0.2, 0.25) is 0 Å². The average molecular weight is 409 g/mol. The van der Waals surface area contributed by atoms with Gasteiger partial charge in [0.1, 0.15) is 0 Å². The molecular weight excluding hydrogens is 380 g/mol. The van der Waals surface area contributed by atoms with Gasteiger partial charge in [-0.1, -0.05) is 57.2 Å². The van der Waals surface area contributed by atoms with Gasteiger partial charge in [-0.15, -0.1) is 0 Å². The monoisotopic (exact) mass is 408 g/mol. The van der Waals surface area contributed by atoms with Gasteiger partial charge in [-0.3, -0.25) is 4.21 Å². The lowest BCUT2D eigenvalue weighted by molar-refractivity contribution is 0.404. The lowest BCUT2D eigenvalue weighted by Gasteiger charge is -2.19. The van der Waals surface area contributed by atoms with E-state index in [0.29, 0.717) is 5.56 Å². The highest BCUT2D eigenvalue weighted by molar-refractivity contribution is 7.84. The predicted molar refractivity (Wildman–Crippen MR) is 120 cm³/mol. The highest BCUT2D eigenvalue weighted by Crippen LogP contribution is 2.38. The molecule has 2 N–H and O–H groups in total. The van der Waals surface area contributed by atoms with E-state index in [0.717, 1.165) is 28.9 Å². The zero-order valence-corrected chi connectivity index (χ0v) is 18.2. The van der Waals surface area contributed by atoms with E-state index < -0.39 is 10.8 Å². The fourth-order valence-electron chi connectivity index (χ4n) is 3.33. The molecule has 0 aromatic heterocycles. The van der Waals surface area contributed by atoms with Gasteiger partial charge in [-0.25, -0.2) is 0 Å². The van der Waals surface area contributed by atoms with Crippen LogP contribution < -0.4 is 0 Å². The molecule has 0 bridgehead atoms. The van der Waals surface area contributed by atoms with Gasteiger partial charge in [-0.05, 0) is 64.8 Å². The summed E-state index contributed by atoms with van der Waals surface area (Å²) >= 11 is 0. The first-order valence-corrected chi connectivity index (χ1v) is 11.3. The van der Waals surface area contributed by atoms with Crippen molar-refractivity contribution in [2.45, 2.75) is 43.9 Å². The number of phenolic OH excluding ortho intramolecular Hbond substituents is 2. The van der Waals surface area contributed by atoms with Crippen LogP contribution in [0, 0.1) is 0 Å². The summed E-state index contributed by atoms with van der Waals surface area (Å²) in [6, 6.07) is 19.4. The Kier molecular flexibility index (Phi) is 6.13. The molecule has 0 saturated carbocycles. The highest BCUT2D eigenvalue weighted by Gasteiger charge is 2.14. The molecule has 0 aliphatic rings. The van der Waals surface area contributed by atoms with Gasteiger partial charge < -0.3 is 10.2 Å². The van der Waals surface area contributed by atoms with Crippen molar-refractivity contribution in [2.75, 3.05) is 6.26 Å². The van der Waals surface area contributed by atoms with E-state index in [2.05, 4.69) is 45.0 Å². The molecule has 0 radical (unpaired) electrons. The first kappa shape index (κ1) is 21.1. The van der Waals surface area contributed by atoms with E-state index in [1.54, 1.807) is 24.5 Å². The maximum Gasteiger partial charge on any atom is 0.165 e. The standard InChI is InChI=1S/C25H28O3S/c1-25(2,3)20-11-7-17(8-12-20)5-6-18-15-22(24(27)23(26)16-18)19-9-13-21(14-10-19)29(4)28/h7-16,26-27H,5-6H2,1-4H3. The average Bonchev–Trinajstić information content (AvgIpc) is 2.68. The lowest BCUT2D eigenvalue weighted by Crippen LogP contribution is -2.10. The van der Waals surface area contributed by atoms with Crippen molar-refractivity contribution in [2.24, 2.45) is 0 Å². The Morgan fingerprint density at radius 2 is 1.41 bits per heavy atom. The summed E-state index contributed by atoms with van der Waals surface area (Å²) in [5.41, 5.74) is 5.00. The van der Waals surface area contributed by atoms with Crippen molar-refractivity contribution >= 4 is 10.8 Å². The Balaban J connectivity index is 1.81. The second-order valence-electron chi connectivity index (χ2n) is 8.44. The molecule has 0 saturated heterocycles. The Hall–Kier alpha value is -2.59. The minimum Gasteiger partial charge on any atom is -0.504 e. The number of phenols is 2. The molecule has 3 rings (SSSR count). The molecular formula is C25H28O3S. The molecule has 0 spiro atoms. The van der Waals surface area contributed by atoms with E-state index >= 15 is 0 Å². The summed E-state index contributed by atoms with van der Waals surface area (Å²) in [5.74, 6) is -0.252. The normalized spacial score (nSPS) is 12.7. The molecule has 1 unspecified atom stereocenters. The van der Waals surface area contributed by atoms with Crippen molar-refractivity contribution < 1.29 is 14.4 Å². The van der Waals surface area contributed by atoms with E-state index in [-0.39, 0.29) is 16.9 Å². The van der Waals surface area contributed by atoms with Crippen LogP contribution in [0.5, 0.6) is 11.5 Å². The van der Waals surface area contributed by atoms with Gasteiger partial charge in [0.05, 0.1) is 0 Å². The zero-order chi connectivity index (χ0) is 21.2. The Morgan fingerprint density at radius 3 is 1.97 bits per heavy atom. The van der Waals surface area contributed by atoms with Gasteiger partial charge >= 0.3 is 0 Å². The molecule has 0 aliphatic heterocycles. The predicted octanol–water partition coefficient (Wildman–Crippen LogP) is 5.58. The molecule has 0 aliphatic carbocycles. The van der Waals surface area contributed by atoms with E-state index in [1.165, 1.54) is 11.1 Å². The largest absolute Gasteiger partial charge is 0.504 e. The van der Waals surface area contributed by atoms with Gasteiger partial charge in [0.15, 0.2) is 11.5 Å². The smallest absolute Gasteiger partial charge is 0.165 e. The number of hydrogen-bond acceptors (Lipinski definition) is 3. The van der Waals surface area contributed by atoms with Crippen LogP contribution in [-0.4, -0.2) is 20.7 Å². The van der Waals surface area contributed by atoms with E-state index in [4.69, 9.17) is 0 Å². The molecule has 3 aromatic rings. The van der Waals surface area contributed by atoms with Crippen LogP contribution in [0.4, 0.5) is 0 Å². The maximum atomic E-state index is 11.6. The summed E-state index contributed by atoms with van der Waals surface area (Å²) in [6.45, 7) is 6.61. The molecule has 1 atom stereocenters. The highest BCUT2D eigenvalue weighted by atomic mass is 32.2. The first-order valence-electron chi connectivity index (χ1n) is 9.73. The van der Waals surface area contributed by atoms with Crippen LogP contribution in [0.1, 0.15) is 37.5 Å². The van der Waals surface area contributed by atoms with Crippen LogP contribution in [0.15, 0.2) is 65.6 Å². The molecule has 0 fully saturated rings. The summed E-state index contributed by atoms with van der Waals surface area (Å²) in [6.07, 6.45) is 3.24. The number of aryl methyl sites for hydroxylation is 2. The second-order valence-corrected chi connectivity index (χ2v) is 9.82. The summed E-state index contributed by atoms with van der Waals surface area (Å²) in [5, 5.41) is 20.5. The fraction of sp³-hybridized carbons (Fsp3) is 0.280. The van der Waals surface area contributed by atoms with Gasteiger partial charge in [0, 0.05) is 27.5 Å². The van der Waals surface area contributed by atoms with Crippen molar-refractivity contribution in [1.82, 2.24) is 0 Å². The van der Waals surface area contributed by atoms with Crippen LogP contribution >= 0.6 is 0 Å². The Labute approximate surface area is 175 Å². The lowest BCUT2D eigenvalue weighted by atomic mass is 9.86. The van der Waals surface area contributed by atoms with Gasteiger partial charge in [0.25, 0.3) is 0 Å². The number of hydrogen-bond donors (Lipinski definition) is 2. The van der Waals surface area contributed by atoms with Crippen molar-refractivity contribution in [3.8, 4) is 22.6 Å². The van der Waals surface area contributed by atoms with Crippen molar-refractivity contribution in [3.05, 3.63) is 77.4 Å². The number of rotatable bonds is 5. The minimum absolute atomic E-state index is 0.122. The molecule has 3 aromatic carbocycles. The van der Waals surface area contributed by atoms with Crippen molar-refractivity contribution in [1.29, 1.82) is 0 Å². The quantitative estimate of drug-likeness (QED) is 0.542. The summed E-state index contributed by atoms with van der Waals surface area (Å²) < 4.78 is 11.6. The Morgan fingerprint density at radius 1 is 0.828 bits per heavy atom. The molecule has 152 valence electrons.